The van der Waals surface area contributed by atoms with Gasteiger partial charge in [0, 0.05) is 18.4 Å². The zero-order valence-electron chi connectivity index (χ0n) is 14.9. The highest BCUT2D eigenvalue weighted by atomic mass is 15.3. The van der Waals surface area contributed by atoms with E-state index in [0.29, 0.717) is 11.3 Å². The van der Waals surface area contributed by atoms with Crippen molar-refractivity contribution >= 4 is 0 Å². The van der Waals surface area contributed by atoms with Gasteiger partial charge in [-0.05, 0) is 74.2 Å². The number of hydrogen-bond donors (Lipinski definition) is 0. The Labute approximate surface area is 149 Å². The van der Waals surface area contributed by atoms with Crippen molar-refractivity contribution in [1.82, 2.24) is 14.8 Å². The van der Waals surface area contributed by atoms with Crippen LogP contribution in [0.5, 0.6) is 0 Å². The molecule has 0 amide bonds. The predicted molar refractivity (Wildman–Crippen MR) is 97.4 cm³/mol. The standard InChI is InChI=1S/C22H27N3/c1-2-4-18(5-3-1)19-6-7-25-20(11-19)23-24-21(25)22-12-15-8-16(13-22)10-17(9-15)14-22/h1-5,15-17,19H,6-14H2. The molecule has 3 heteroatoms. The fourth-order valence-corrected chi connectivity index (χ4v) is 7.12. The summed E-state index contributed by atoms with van der Waals surface area (Å²) in [5.74, 6) is 6.14. The smallest absolute Gasteiger partial charge is 0.139 e. The molecule has 4 aliphatic carbocycles. The van der Waals surface area contributed by atoms with Gasteiger partial charge in [0.1, 0.15) is 11.6 Å². The van der Waals surface area contributed by atoms with Gasteiger partial charge in [-0.1, -0.05) is 30.3 Å². The highest BCUT2D eigenvalue weighted by Crippen LogP contribution is 2.60. The quantitative estimate of drug-likeness (QED) is 0.811. The fourth-order valence-electron chi connectivity index (χ4n) is 7.12. The Morgan fingerprint density at radius 1 is 0.880 bits per heavy atom. The molecule has 4 bridgehead atoms. The average Bonchev–Trinajstić information content (AvgIpc) is 3.05. The van der Waals surface area contributed by atoms with Gasteiger partial charge in [0.05, 0.1) is 0 Å². The van der Waals surface area contributed by atoms with Crippen LogP contribution in [0.1, 0.15) is 68.1 Å². The van der Waals surface area contributed by atoms with Gasteiger partial charge >= 0.3 is 0 Å². The second-order valence-corrected chi connectivity index (χ2v) is 9.39. The number of benzene rings is 1. The topological polar surface area (TPSA) is 30.7 Å². The van der Waals surface area contributed by atoms with Crippen LogP contribution in [0.3, 0.4) is 0 Å². The van der Waals surface area contributed by atoms with Gasteiger partial charge in [-0.2, -0.15) is 0 Å². The lowest BCUT2D eigenvalue weighted by Crippen LogP contribution is -2.50. The van der Waals surface area contributed by atoms with Crippen molar-refractivity contribution in [3.8, 4) is 0 Å². The normalized spacial score (nSPS) is 38.7. The largest absolute Gasteiger partial charge is 0.314 e. The number of rotatable bonds is 2. The fraction of sp³-hybridized carbons (Fsp3) is 0.636. The maximum atomic E-state index is 4.83. The monoisotopic (exact) mass is 333 g/mol. The summed E-state index contributed by atoms with van der Waals surface area (Å²) < 4.78 is 2.53. The highest BCUT2D eigenvalue weighted by Gasteiger charge is 2.54. The van der Waals surface area contributed by atoms with E-state index in [2.05, 4.69) is 34.9 Å². The second kappa shape index (κ2) is 5.18. The first-order chi connectivity index (χ1) is 12.3. The van der Waals surface area contributed by atoms with Gasteiger partial charge < -0.3 is 4.57 Å². The molecule has 1 aromatic carbocycles. The lowest BCUT2D eigenvalue weighted by molar-refractivity contribution is -0.0114. The van der Waals surface area contributed by atoms with Gasteiger partial charge in [-0.15, -0.1) is 10.2 Å². The van der Waals surface area contributed by atoms with Crippen molar-refractivity contribution in [2.24, 2.45) is 17.8 Å². The maximum Gasteiger partial charge on any atom is 0.139 e. The lowest BCUT2D eigenvalue weighted by atomic mass is 9.49. The minimum atomic E-state index is 0.375. The third-order valence-electron chi connectivity index (χ3n) is 7.74. The second-order valence-electron chi connectivity index (χ2n) is 9.39. The average molecular weight is 333 g/mol. The molecule has 2 aromatic rings. The molecule has 1 aromatic heterocycles. The van der Waals surface area contributed by atoms with Crippen LogP contribution >= 0.6 is 0 Å². The first-order valence-electron chi connectivity index (χ1n) is 10.3. The first kappa shape index (κ1) is 14.5. The van der Waals surface area contributed by atoms with Crippen molar-refractivity contribution in [2.45, 2.75) is 69.2 Å². The molecule has 4 saturated carbocycles. The molecule has 5 aliphatic rings. The molecular weight excluding hydrogens is 306 g/mol. The van der Waals surface area contributed by atoms with Crippen LogP contribution in [0.25, 0.3) is 0 Å². The molecule has 0 saturated heterocycles. The summed E-state index contributed by atoms with van der Waals surface area (Å²) in [7, 11) is 0. The molecule has 25 heavy (non-hydrogen) atoms. The number of hydrogen-bond acceptors (Lipinski definition) is 2. The Morgan fingerprint density at radius 2 is 1.56 bits per heavy atom. The summed E-state index contributed by atoms with van der Waals surface area (Å²) >= 11 is 0. The Hall–Kier alpha value is -1.64. The van der Waals surface area contributed by atoms with Gasteiger partial charge in [-0.25, -0.2) is 0 Å². The molecule has 1 atom stereocenters. The molecule has 0 radical (unpaired) electrons. The molecule has 4 fully saturated rings. The summed E-state index contributed by atoms with van der Waals surface area (Å²) in [5, 5.41) is 9.53. The van der Waals surface area contributed by atoms with Gasteiger partial charge in [0.15, 0.2) is 0 Å². The number of nitrogens with zero attached hydrogens (tertiary/aromatic N) is 3. The van der Waals surface area contributed by atoms with Crippen molar-refractivity contribution in [2.75, 3.05) is 0 Å². The van der Waals surface area contributed by atoms with Crippen LogP contribution in [0, 0.1) is 17.8 Å². The number of aromatic nitrogens is 3. The van der Waals surface area contributed by atoms with E-state index < -0.39 is 0 Å². The lowest BCUT2D eigenvalue weighted by Gasteiger charge is -2.56. The Bertz CT molecular complexity index is 756. The minimum absolute atomic E-state index is 0.375. The molecular formula is C22H27N3. The van der Waals surface area contributed by atoms with E-state index in [-0.39, 0.29) is 0 Å². The Morgan fingerprint density at radius 3 is 2.24 bits per heavy atom. The Kier molecular flexibility index (Phi) is 3.01. The van der Waals surface area contributed by atoms with Crippen LogP contribution < -0.4 is 0 Å². The van der Waals surface area contributed by atoms with Crippen molar-refractivity contribution in [1.29, 1.82) is 0 Å². The predicted octanol–water partition coefficient (Wildman–Crippen LogP) is 4.48. The summed E-state index contributed by atoms with van der Waals surface area (Å²) in [5.41, 5.74) is 1.84. The molecule has 2 heterocycles. The van der Waals surface area contributed by atoms with E-state index in [1.54, 1.807) is 0 Å². The first-order valence-corrected chi connectivity index (χ1v) is 10.3. The van der Waals surface area contributed by atoms with Crippen LogP contribution in [0.2, 0.25) is 0 Å². The third-order valence-corrected chi connectivity index (χ3v) is 7.74. The molecule has 3 nitrogen and oxygen atoms in total. The van der Waals surface area contributed by atoms with Crippen molar-refractivity contribution < 1.29 is 0 Å². The Balaban J connectivity index is 1.33. The van der Waals surface area contributed by atoms with E-state index >= 15 is 0 Å². The van der Waals surface area contributed by atoms with Crippen LogP contribution in [0.15, 0.2) is 30.3 Å². The summed E-state index contributed by atoms with van der Waals surface area (Å²) in [6, 6.07) is 11.0. The van der Waals surface area contributed by atoms with Crippen molar-refractivity contribution in [3.63, 3.8) is 0 Å². The molecule has 0 N–H and O–H groups in total. The maximum absolute atomic E-state index is 4.83. The van der Waals surface area contributed by atoms with Gasteiger partial charge in [0.2, 0.25) is 0 Å². The minimum Gasteiger partial charge on any atom is -0.314 e. The van der Waals surface area contributed by atoms with Gasteiger partial charge in [-0.3, -0.25) is 0 Å². The summed E-state index contributed by atoms with van der Waals surface area (Å²) in [6.45, 7) is 1.11. The van der Waals surface area contributed by atoms with E-state index in [4.69, 9.17) is 10.2 Å². The van der Waals surface area contributed by atoms with E-state index in [1.165, 1.54) is 62.2 Å². The zero-order chi connectivity index (χ0) is 16.4. The van der Waals surface area contributed by atoms with Crippen molar-refractivity contribution in [3.05, 3.63) is 47.5 Å². The highest BCUT2D eigenvalue weighted by molar-refractivity contribution is 5.24. The SMILES string of the molecule is c1ccc(C2CCn3c(nnc3C34CC5CC(CC(C5)C3)C4)C2)cc1. The van der Waals surface area contributed by atoms with Crippen LogP contribution in [-0.2, 0) is 18.4 Å². The third kappa shape index (κ3) is 2.17. The molecule has 1 unspecified atom stereocenters. The molecule has 0 spiro atoms. The van der Waals surface area contributed by atoms with Gasteiger partial charge in [0.25, 0.3) is 0 Å². The summed E-state index contributed by atoms with van der Waals surface area (Å²) in [4.78, 5) is 0. The molecule has 1 aliphatic heterocycles. The van der Waals surface area contributed by atoms with E-state index in [0.717, 1.165) is 30.7 Å². The van der Waals surface area contributed by atoms with Crippen LogP contribution in [0.4, 0.5) is 0 Å². The zero-order valence-corrected chi connectivity index (χ0v) is 14.9. The number of fused-ring (bicyclic) bond motifs is 1. The van der Waals surface area contributed by atoms with Crippen LogP contribution in [-0.4, -0.2) is 14.8 Å². The molecule has 7 rings (SSSR count). The van der Waals surface area contributed by atoms with E-state index in [1.807, 2.05) is 0 Å². The molecule has 130 valence electrons. The van der Waals surface area contributed by atoms with E-state index in [9.17, 15) is 0 Å². The summed E-state index contributed by atoms with van der Waals surface area (Å²) in [6.07, 6.45) is 10.9.